The molecule has 300 valence electrons. The summed E-state index contributed by atoms with van der Waals surface area (Å²) in [5.41, 5.74) is 0. The van der Waals surface area contributed by atoms with E-state index in [9.17, 15) is 14.4 Å². The van der Waals surface area contributed by atoms with Crippen LogP contribution in [0.4, 0.5) is 0 Å². The zero-order valence-corrected chi connectivity index (χ0v) is 34.1. The molecule has 0 amide bonds. The summed E-state index contributed by atoms with van der Waals surface area (Å²) in [7, 11) is 0. The maximum absolute atomic E-state index is 12.6. The van der Waals surface area contributed by atoms with Gasteiger partial charge in [-0.05, 0) is 44.9 Å². The Bertz CT molecular complexity index is 933. The van der Waals surface area contributed by atoms with Crippen molar-refractivity contribution in [1.29, 1.82) is 0 Å². The molecule has 0 aliphatic rings. The van der Waals surface area contributed by atoms with Gasteiger partial charge in [0.2, 0.25) is 0 Å². The van der Waals surface area contributed by atoms with Crippen molar-refractivity contribution in [2.75, 3.05) is 13.2 Å². The number of unbranched alkanes of at least 4 members (excludes halogenated alkanes) is 19. The highest BCUT2D eigenvalue weighted by Crippen LogP contribution is 2.14. The molecule has 0 saturated carbocycles. The van der Waals surface area contributed by atoms with Crippen LogP contribution < -0.4 is 0 Å². The quantitative estimate of drug-likeness (QED) is 0.0272. The smallest absolute Gasteiger partial charge is 0.306 e. The Morgan fingerprint density at radius 2 is 0.750 bits per heavy atom. The zero-order valence-electron chi connectivity index (χ0n) is 34.1. The first kappa shape index (κ1) is 49.4. The maximum Gasteiger partial charge on any atom is 0.306 e. The van der Waals surface area contributed by atoms with E-state index in [1.165, 1.54) is 96.3 Å². The summed E-state index contributed by atoms with van der Waals surface area (Å²) < 4.78 is 16.5. The number of ether oxygens (including phenoxy) is 3. The van der Waals surface area contributed by atoms with Crippen molar-refractivity contribution in [3.63, 3.8) is 0 Å². The van der Waals surface area contributed by atoms with Gasteiger partial charge in [-0.2, -0.15) is 0 Å². The van der Waals surface area contributed by atoms with Crippen molar-refractivity contribution in [3.8, 4) is 0 Å². The average molecular weight is 729 g/mol. The Labute approximate surface area is 320 Å². The van der Waals surface area contributed by atoms with Crippen LogP contribution in [-0.2, 0) is 28.6 Å². The molecule has 0 bridgehead atoms. The van der Waals surface area contributed by atoms with Gasteiger partial charge in [0.15, 0.2) is 6.10 Å². The molecule has 0 saturated heterocycles. The lowest BCUT2D eigenvalue weighted by molar-refractivity contribution is -0.166. The Kier molecular flexibility index (Phi) is 39.1. The molecule has 0 aromatic carbocycles. The average Bonchev–Trinajstić information content (AvgIpc) is 3.14. The Morgan fingerprint density at radius 1 is 0.404 bits per heavy atom. The van der Waals surface area contributed by atoms with Crippen molar-refractivity contribution < 1.29 is 28.6 Å². The summed E-state index contributed by atoms with van der Waals surface area (Å²) in [4.78, 5) is 37.4. The standard InChI is InChI=1S/C46H80O6/c1-4-7-10-13-16-18-20-22-23-25-26-28-30-33-36-39-45(48)51-42-43(41-50-44(47)38-35-32-15-12-9-6-3)52-46(49)40-37-34-31-29-27-24-21-19-17-14-11-8-5-2/h8,11,17,19,24,27,31,34,43H,4-7,9-10,12-16,18,20-23,25-26,28-30,32-33,35-42H2,1-3H3/b11-8-,19-17-,27-24-,34-31-. The van der Waals surface area contributed by atoms with Gasteiger partial charge in [0, 0.05) is 19.3 Å². The Balaban J connectivity index is 4.36. The highest BCUT2D eigenvalue weighted by Gasteiger charge is 2.19. The number of rotatable bonds is 38. The van der Waals surface area contributed by atoms with Gasteiger partial charge >= 0.3 is 17.9 Å². The second-order valence-electron chi connectivity index (χ2n) is 14.2. The van der Waals surface area contributed by atoms with E-state index in [1.54, 1.807) is 0 Å². The van der Waals surface area contributed by atoms with E-state index in [0.717, 1.165) is 64.2 Å². The summed E-state index contributed by atoms with van der Waals surface area (Å²) in [5.74, 6) is -0.993. The van der Waals surface area contributed by atoms with Crippen LogP contribution in [0.2, 0.25) is 0 Å². The van der Waals surface area contributed by atoms with E-state index in [-0.39, 0.29) is 31.6 Å². The van der Waals surface area contributed by atoms with Gasteiger partial charge < -0.3 is 14.2 Å². The molecular formula is C46H80O6. The monoisotopic (exact) mass is 729 g/mol. The molecule has 0 rings (SSSR count). The van der Waals surface area contributed by atoms with Crippen molar-refractivity contribution >= 4 is 17.9 Å². The van der Waals surface area contributed by atoms with Crippen molar-refractivity contribution in [3.05, 3.63) is 48.6 Å². The molecule has 0 N–H and O–H groups in total. The van der Waals surface area contributed by atoms with Crippen molar-refractivity contribution in [2.45, 2.75) is 213 Å². The first-order valence-corrected chi connectivity index (χ1v) is 21.6. The molecule has 0 aliphatic carbocycles. The molecular weight excluding hydrogens is 648 g/mol. The molecule has 52 heavy (non-hydrogen) atoms. The third-order valence-corrected chi connectivity index (χ3v) is 9.11. The van der Waals surface area contributed by atoms with Crippen molar-refractivity contribution in [2.24, 2.45) is 0 Å². The first-order valence-electron chi connectivity index (χ1n) is 21.6. The fraction of sp³-hybridized carbons (Fsp3) is 0.761. The molecule has 0 spiro atoms. The van der Waals surface area contributed by atoms with Crippen LogP contribution in [0.3, 0.4) is 0 Å². The lowest BCUT2D eigenvalue weighted by atomic mass is 10.0. The van der Waals surface area contributed by atoms with E-state index < -0.39 is 12.1 Å². The zero-order chi connectivity index (χ0) is 38.0. The molecule has 0 heterocycles. The number of hydrogen-bond acceptors (Lipinski definition) is 6. The SMILES string of the molecule is CC/C=C\C/C=C\C/C=C\C/C=C\CCC(=O)OC(COC(=O)CCCCCCCC)COC(=O)CCCCCCCCCCCCCCCCC. The highest BCUT2D eigenvalue weighted by molar-refractivity contribution is 5.71. The van der Waals surface area contributed by atoms with Crippen LogP contribution in [0.1, 0.15) is 207 Å². The van der Waals surface area contributed by atoms with E-state index in [1.807, 2.05) is 12.2 Å². The number of esters is 3. The van der Waals surface area contributed by atoms with Gasteiger partial charge in [0.1, 0.15) is 13.2 Å². The normalized spacial score (nSPS) is 12.4. The molecule has 6 nitrogen and oxygen atoms in total. The van der Waals surface area contributed by atoms with Gasteiger partial charge in [0.25, 0.3) is 0 Å². The fourth-order valence-corrected chi connectivity index (χ4v) is 5.87. The van der Waals surface area contributed by atoms with Crippen LogP contribution in [0.5, 0.6) is 0 Å². The number of carbonyl (C=O) groups is 3. The molecule has 6 heteroatoms. The van der Waals surface area contributed by atoms with Gasteiger partial charge in [-0.3, -0.25) is 14.4 Å². The Morgan fingerprint density at radius 3 is 1.13 bits per heavy atom. The number of allylic oxidation sites excluding steroid dienone is 8. The molecule has 0 fully saturated rings. The van der Waals surface area contributed by atoms with Crippen LogP contribution in [0, 0.1) is 0 Å². The number of hydrogen-bond donors (Lipinski definition) is 0. The molecule has 0 radical (unpaired) electrons. The minimum atomic E-state index is -0.802. The third-order valence-electron chi connectivity index (χ3n) is 9.11. The second-order valence-corrected chi connectivity index (χ2v) is 14.2. The topological polar surface area (TPSA) is 78.9 Å². The lowest BCUT2D eigenvalue weighted by Gasteiger charge is -2.18. The van der Waals surface area contributed by atoms with Crippen LogP contribution >= 0.6 is 0 Å². The second kappa shape index (κ2) is 41.1. The van der Waals surface area contributed by atoms with E-state index in [4.69, 9.17) is 14.2 Å². The van der Waals surface area contributed by atoms with Crippen LogP contribution in [0.15, 0.2) is 48.6 Å². The highest BCUT2D eigenvalue weighted by atomic mass is 16.6. The van der Waals surface area contributed by atoms with E-state index in [2.05, 4.69) is 57.2 Å². The number of carbonyl (C=O) groups excluding carboxylic acids is 3. The predicted octanol–water partition coefficient (Wildman–Crippen LogP) is 13.6. The summed E-state index contributed by atoms with van der Waals surface area (Å²) >= 11 is 0. The molecule has 1 atom stereocenters. The Hall–Kier alpha value is -2.63. The van der Waals surface area contributed by atoms with E-state index >= 15 is 0 Å². The third kappa shape index (κ3) is 38.6. The first-order chi connectivity index (χ1) is 25.5. The molecule has 0 aromatic heterocycles. The minimum absolute atomic E-state index is 0.0996. The molecule has 0 aliphatic heterocycles. The summed E-state index contributed by atoms with van der Waals surface area (Å²) in [6.07, 6.45) is 47.0. The van der Waals surface area contributed by atoms with Gasteiger partial charge in [-0.1, -0.05) is 191 Å². The van der Waals surface area contributed by atoms with E-state index in [0.29, 0.717) is 19.3 Å². The largest absolute Gasteiger partial charge is 0.462 e. The van der Waals surface area contributed by atoms with Crippen LogP contribution in [-0.4, -0.2) is 37.2 Å². The molecule has 0 aromatic rings. The summed E-state index contributed by atoms with van der Waals surface area (Å²) in [5, 5.41) is 0. The van der Waals surface area contributed by atoms with Gasteiger partial charge in [-0.15, -0.1) is 0 Å². The molecule has 1 unspecified atom stereocenters. The van der Waals surface area contributed by atoms with Crippen LogP contribution in [0.25, 0.3) is 0 Å². The minimum Gasteiger partial charge on any atom is -0.462 e. The summed E-state index contributed by atoms with van der Waals surface area (Å²) in [6.45, 7) is 6.39. The van der Waals surface area contributed by atoms with Gasteiger partial charge in [-0.25, -0.2) is 0 Å². The maximum atomic E-state index is 12.6. The fourth-order valence-electron chi connectivity index (χ4n) is 5.87. The van der Waals surface area contributed by atoms with Crippen molar-refractivity contribution in [1.82, 2.24) is 0 Å². The predicted molar refractivity (Wildman–Crippen MR) is 219 cm³/mol. The summed E-state index contributed by atoms with van der Waals surface area (Å²) in [6, 6.07) is 0. The van der Waals surface area contributed by atoms with Gasteiger partial charge in [0.05, 0.1) is 0 Å². The lowest BCUT2D eigenvalue weighted by Crippen LogP contribution is -2.30.